The van der Waals surface area contributed by atoms with Crippen molar-refractivity contribution in [1.82, 2.24) is 4.98 Å². The first-order valence-corrected chi connectivity index (χ1v) is 11.6. The predicted octanol–water partition coefficient (Wildman–Crippen LogP) is 5.34. The van der Waals surface area contributed by atoms with Gasteiger partial charge in [-0.05, 0) is 47.4 Å². The highest BCUT2D eigenvalue weighted by molar-refractivity contribution is 5.87. The van der Waals surface area contributed by atoms with Crippen LogP contribution in [0, 0.1) is 6.92 Å². The van der Waals surface area contributed by atoms with E-state index in [1.165, 1.54) is 0 Å². The van der Waals surface area contributed by atoms with Gasteiger partial charge < -0.3 is 24.9 Å². The Kier molecular flexibility index (Phi) is 8.03. The van der Waals surface area contributed by atoms with Gasteiger partial charge >= 0.3 is 6.09 Å². The number of fused-ring (bicyclic) bond motifs is 1. The highest BCUT2D eigenvalue weighted by atomic mass is 16.5. The van der Waals surface area contributed by atoms with Crippen LogP contribution in [0.5, 0.6) is 5.75 Å². The fourth-order valence-electron chi connectivity index (χ4n) is 4.21. The van der Waals surface area contributed by atoms with Crippen molar-refractivity contribution >= 4 is 22.7 Å². The third-order valence-electron chi connectivity index (χ3n) is 6.05. The molecule has 0 aliphatic carbocycles. The molecule has 0 bridgehead atoms. The van der Waals surface area contributed by atoms with E-state index in [4.69, 9.17) is 19.9 Å². The molecule has 4 N–H and O–H groups in total. The Balaban J connectivity index is 1.52. The lowest BCUT2D eigenvalue weighted by atomic mass is 9.87. The maximum atomic E-state index is 12.4. The lowest BCUT2D eigenvalue weighted by Crippen LogP contribution is -2.17. The zero-order valence-corrected chi connectivity index (χ0v) is 20.0. The van der Waals surface area contributed by atoms with Crippen LogP contribution in [0.2, 0.25) is 0 Å². The second kappa shape index (κ2) is 11.6. The van der Waals surface area contributed by atoms with Crippen LogP contribution in [0.4, 0.5) is 10.5 Å². The largest absolute Gasteiger partial charge is 0.491 e. The van der Waals surface area contributed by atoms with Gasteiger partial charge in [0.15, 0.2) is 0 Å². The van der Waals surface area contributed by atoms with Gasteiger partial charge in [-0.25, -0.2) is 4.79 Å². The molecule has 0 saturated carbocycles. The van der Waals surface area contributed by atoms with Crippen molar-refractivity contribution in [3.05, 3.63) is 95.2 Å². The molecular formula is C28H31N3O4. The molecular weight excluding hydrogens is 442 g/mol. The summed E-state index contributed by atoms with van der Waals surface area (Å²) < 4.78 is 16.2. The minimum Gasteiger partial charge on any atom is -0.491 e. The Morgan fingerprint density at radius 2 is 1.86 bits per heavy atom. The number of aromatic amines is 1. The minimum atomic E-state index is -0.494. The van der Waals surface area contributed by atoms with Crippen LogP contribution in [0.25, 0.3) is 10.9 Å². The highest BCUT2D eigenvalue weighted by Crippen LogP contribution is 2.35. The number of carbonyl (C=O) groups is 1. The normalized spacial score (nSPS) is 11.9. The second-order valence-corrected chi connectivity index (χ2v) is 8.29. The highest BCUT2D eigenvalue weighted by Gasteiger charge is 2.20. The molecule has 4 rings (SSSR count). The van der Waals surface area contributed by atoms with Gasteiger partial charge in [0.1, 0.15) is 19.0 Å². The first-order chi connectivity index (χ1) is 17.1. The molecule has 1 atom stereocenters. The molecule has 4 aromatic rings. The van der Waals surface area contributed by atoms with Crippen LogP contribution >= 0.6 is 0 Å². The number of benzene rings is 3. The van der Waals surface area contributed by atoms with Gasteiger partial charge in [0.25, 0.3) is 0 Å². The quantitative estimate of drug-likeness (QED) is 0.270. The second-order valence-electron chi connectivity index (χ2n) is 8.29. The summed E-state index contributed by atoms with van der Waals surface area (Å²) in [6, 6.07) is 21.4. The van der Waals surface area contributed by atoms with Gasteiger partial charge in [-0.15, -0.1) is 0 Å². The predicted molar refractivity (Wildman–Crippen MR) is 138 cm³/mol. The fraction of sp³-hybridized carbons (Fsp3) is 0.250. The van der Waals surface area contributed by atoms with Crippen molar-refractivity contribution in [2.45, 2.75) is 19.4 Å². The van der Waals surface area contributed by atoms with E-state index in [2.05, 4.69) is 16.4 Å². The summed E-state index contributed by atoms with van der Waals surface area (Å²) in [5.41, 5.74) is 12.0. The third-order valence-corrected chi connectivity index (χ3v) is 6.05. The number of hydrogen-bond donors (Lipinski definition) is 3. The summed E-state index contributed by atoms with van der Waals surface area (Å²) in [6.07, 6.45) is 1.50. The van der Waals surface area contributed by atoms with Crippen molar-refractivity contribution in [3.8, 4) is 5.75 Å². The first-order valence-electron chi connectivity index (χ1n) is 11.6. The van der Waals surface area contributed by atoms with E-state index in [0.29, 0.717) is 25.4 Å². The number of H-pyrrole nitrogens is 1. The zero-order valence-electron chi connectivity index (χ0n) is 20.0. The molecule has 0 spiro atoms. The molecule has 0 fully saturated rings. The number of carbonyl (C=O) groups excluding carboxylic acids is 1. The molecule has 0 radical (unpaired) electrons. The Hall–Kier alpha value is -3.81. The van der Waals surface area contributed by atoms with E-state index >= 15 is 0 Å². The molecule has 7 heteroatoms. The van der Waals surface area contributed by atoms with E-state index in [1.807, 2.05) is 73.8 Å². The van der Waals surface area contributed by atoms with E-state index in [-0.39, 0.29) is 12.5 Å². The molecule has 1 heterocycles. The van der Waals surface area contributed by atoms with Gasteiger partial charge in [0.05, 0.1) is 6.61 Å². The van der Waals surface area contributed by atoms with E-state index in [0.717, 1.165) is 38.9 Å². The van der Waals surface area contributed by atoms with Gasteiger partial charge in [0, 0.05) is 48.4 Å². The van der Waals surface area contributed by atoms with Crippen molar-refractivity contribution in [1.29, 1.82) is 0 Å². The molecule has 35 heavy (non-hydrogen) atoms. The first kappa shape index (κ1) is 24.3. The van der Waals surface area contributed by atoms with Crippen molar-refractivity contribution in [2.75, 3.05) is 32.2 Å². The fourth-order valence-corrected chi connectivity index (χ4v) is 4.21. The molecule has 0 saturated heterocycles. The number of aromatic nitrogens is 1. The van der Waals surface area contributed by atoms with Crippen molar-refractivity contribution in [3.63, 3.8) is 0 Å². The van der Waals surface area contributed by atoms with E-state index in [1.54, 1.807) is 7.11 Å². The smallest absolute Gasteiger partial charge is 0.411 e. The van der Waals surface area contributed by atoms with Crippen LogP contribution in [-0.2, 0) is 16.1 Å². The topological polar surface area (TPSA) is 98.6 Å². The Morgan fingerprint density at radius 3 is 2.63 bits per heavy atom. The number of ether oxygens (including phenoxy) is 3. The van der Waals surface area contributed by atoms with Gasteiger partial charge in [-0.2, -0.15) is 0 Å². The number of nitrogens with one attached hydrogen (secondary N) is 2. The molecule has 0 aliphatic rings. The molecule has 1 amide bonds. The SMILES string of the molecule is COCCOc1ccc2c(C(CN)c3cccc(NC(=O)OCc4ccccc4)c3C)c[nH]c2c1. The minimum absolute atomic E-state index is 0.0499. The summed E-state index contributed by atoms with van der Waals surface area (Å²) in [6.45, 7) is 3.65. The number of anilines is 1. The third kappa shape index (κ3) is 5.82. The standard InChI is InChI=1S/C28H31N3O4/c1-19-22(9-6-10-26(19)31-28(32)35-18-20-7-4-3-5-8-20)24(16-29)25-17-30-27-15-21(11-12-23(25)27)34-14-13-33-2/h3-12,15,17,24,30H,13-14,16,18,29H2,1-2H3,(H,31,32). The molecule has 7 nitrogen and oxygen atoms in total. The lowest BCUT2D eigenvalue weighted by molar-refractivity contribution is 0.146. The lowest BCUT2D eigenvalue weighted by Gasteiger charge is -2.20. The number of nitrogens with two attached hydrogens (primary N) is 1. The average Bonchev–Trinajstić information content (AvgIpc) is 3.29. The summed E-state index contributed by atoms with van der Waals surface area (Å²) in [4.78, 5) is 15.8. The molecule has 1 aromatic heterocycles. The van der Waals surface area contributed by atoms with Crippen LogP contribution in [0.3, 0.4) is 0 Å². The van der Waals surface area contributed by atoms with Gasteiger partial charge in [-0.3, -0.25) is 5.32 Å². The van der Waals surface area contributed by atoms with Crippen LogP contribution in [0.1, 0.15) is 28.2 Å². The molecule has 1 unspecified atom stereocenters. The number of rotatable bonds is 10. The summed E-state index contributed by atoms with van der Waals surface area (Å²) in [5, 5.41) is 3.96. The van der Waals surface area contributed by atoms with Crippen molar-refractivity contribution in [2.24, 2.45) is 5.73 Å². The Labute approximate surface area is 205 Å². The zero-order chi connectivity index (χ0) is 24.6. The van der Waals surface area contributed by atoms with Crippen LogP contribution < -0.4 is 15.8 Å². The number of hydrogen-bond acceptors (Lipinski definition) is 5. The molecule has 182 valence electrons. The van der Waals surface area contributed by atoms with E-state index in [9.17, 15) is 4.79 Å². The summed E-state index contributed by atoms with van der Waals surface area (Å²) >= 11 is 0. The summed E-state index contributed by atoms with van der Waals surface area (Å²) in [7, 11) is 1.65. The van der Waals surface area contributed by atoms with Gasteiger partial charge in [0.2, 0.25) is 0 Å². The van der Waals surface area contributed by atoms with Crippen LogP contribution in [0.15, 0.2) is 72.9 Å². The Morgan fingerprint density at radius 1 is 1.03 bits per heavy atom. The average molecular weight is 474 g/mol. The van der Waals surface area contributed by atoms with Crippen molar-refractivity contribution < 1.29 is 19.0 Å². The molecule has 3 aromatic carbocycles. The van der Waals surface area contributed by atoms with E-state index < -0.39 is 6.09 Å². The Bertz CT molecular complexity index is 1270. The molecule has 0 aliphatic heterocycles. The maximum absolute atomic E-state index is 12.4. The summed E-state index contributed by atoms with van der Waals surface area (Å²) in [5.74, 6) is 0.731. The monoisotopic (exact) mass is 473 g/mol. The number of methoxy groups -OCH3 is 1. The van der Waals surface area contributed by atoms with Gasteiger partial charge in [-0.1, -0.05) is 42.5 Å². The maximum Gasteiger partial charge on any atom is 0.411 e. The van der Waals surface area contributed by atoms with Crippen LogP contribution in [-0.4, -0.2) is 37.9 Å². The number of amides is 1.